The van der Waals surface area contributed by atoms with Gasteiger partial charge in [0.2, 0.25) is 5.88 Å². The van der Waals surface area contributed by atoms with Crippen LogP contribution in [0.25, 0.3) is 0 Å². The first kappa shape index (κ1) is 17.9. The summed E-state index contributed by atoms with van der Waals surface area (Å²) in [5.41, 5.74) is 2.47. The number of nitrogens with one attached hydrogen (secondary N) is 1. The van der Waals surface area contributed by atoms with E-state index in [0.717, 1.165) is 37.5 Å². The molecule has 1 aromatic heterocycles. The molecule has 0 radical (unpaired) electrons. The summed E-state index contributed by atoms with van der Waals surface area (Å²) in [5, 5.41) is 3.52. The zero-order chi connectivity index (χ0) is 15.9. The van der Waals surface area contributed by atoms with Crippen molar-refractivity contribution in [1.29, 1.82) is 0 Å². The first-order chi connectivity index (χ1) is 9.80. The molecule has 0 aromatic carbocycles. The van der Waals surface area contributed by atoms with Crippen molar-refractivity contribution in [3.05, 3.63) is 23.4 Å². The molecule has 0 aliphatic heterocycles. The van der Waals surface area contributed by atoms with Crippen molar-refractivity contribution in [3.8, 4) is 5.88 Å². The summed E-state index contributed by atoms with van der Waals surface area (Å²) in [5.74, 6) is 0.744. The predicted molar refractivity (Wildman–Crippen MR) is 88.9 cm³/mol. The maximum absolute atomic E-state index is 5.80. The van der Waals surface area contributed by atoms with Gasteiger partial charge in [-0.1, -0.05) is 13.3 Å². The van der Waals surface area contributed by atoms with Gasteiger partial charge in [0.1, 0.15) is 6.61 Å². The minimum absolute atomic E-state index is 0.111. The van der Waals surface area contributed by atoms with Crippen LogP contribution in [0.5, 0.6) is 5.88 Å². The molecule has 0 atom stereocenters. The summed E-state index contributed by atoms with van der Waals surface area (Å²) in [6.45, 7) is 11.1. The van der Waals surface area contributed by atoms with E-state index in [-0.39, 0.29) is 5.54 Å². The number of ether oxygens (including phenoxy) is 1. The third-order valence-electron chi connectivity index (χ3n) is 3.03. The topological polar surface area (TPSA) is 37.4 Å². The fraction of sp³-hybridized carbons (Fsp3) is 0.706. The van der Waals surface area contributed by atoms with E-state index in [1.165, 1.54) is 5.56 Å². The number of likely N-dealkylation sites (N-methyl/N-ethyl adjacent to an activating group) is 1. The van der Waals surface area contributed by atoms with Gasteiger partial charge in [-0.05, 0) is 52.9 Å². The molecule has 0 aliphatic carbocycles. The van der Waals surface area contributed by atoms with Crippen LogP contribution in [0.2, 0.25) is 0 Å². The summed E-state index contributed by atoms with van der Waals surface area (Å²) in [7, 11) is 4.09. The van der Waals surface area contributed by atoms with Crippen LogP contribution in [0, 0.1) is 0 Å². The third-order valence-corrected chi connectivity index (χ3v) is 3.03. The van der Waals surface area contributed by atoms with Gasteiger partial charge in [-0.15, -0.1) is 0 Å². The van der Waals surface area contributed by atoms with Crippen molar-refractivity contribution in [2.75, 3.05) is 27.2 Å². The van der Waals surface area contributed by atoms with Crippen LogP contribution in [-0.4, -0.2) is 42.7 Å². The van der Waals surface area contributed by atoms with Gasteiger partial charge in [0.25, 0.3) is 0 Å². The Morgan fingerprint density at radius 2 is 1.95 bits per heavy atom. The molecular formula is C17H31N3O. The molecule has 0 saturated carbocycles. The first-order valence-electron chi connectivity index (χ1n) is 7.82. The van der Waals surface area contributed by atoms with E-state index in [4.69, 9.17) is 4.74 Å². The Morgan fingerprint density at radius 3 is 2.52 bits per heavy atom. The Kier molecular flexibility index (Phi) is 7.12. The zero-order valence-corrected chi connectivity index (χ0v) is 14.5. The van der Waals surface area contributed by atoms with Gasteiger partial charge in [-0.2, -0.15) is 0 Å². The zero-order valence-electron chi connectivity index (χ0n) is 14.5. The highest BCUT2D eigenvalue weighted by molar-refractivity contribution is 5.25. The summed E-state index contributed by atoms with van der Waals surface area (Å²) >= 11 is 0. The SMILES string of the molecule is CCCc1cc(CNC(C)(C)C)cc(OCCN(C)C)n1. The smallest absolute Gasteiger partial charge is 0.213 e. The summed E-state index contributed by atoms with van der Waals surface area (Å²) in [6, 6.07) is 4.23. The largest absolute Gasteiger partial charge is 0.476 e. The molecule has 1 rings (SSSR count). The Labute approximate surface area is 129 Å². The van der Waals surface area contributed by atoms with Gasteiger partial charge in [0, 0.05) is 30.4 Å². The predicted octanol–water partition coefficient (Wildman–Crippen LogP) is 2.86. The van der Waals surface area contributed by atoms with Crippen LogP contribution < -0.4 is 10.1 Å². The maximum atomic E-state index is 5.80. The summed E-state index contributed by atoms with van der Waals surface area (Å²) in [6.07, 6.45) is 2.09. The van der Waals surface area contributed by atoms with Crippen molar-refractivity contribution >= 4 is 0 Å². The molecule has 0 unspecified atom stereocenters. The average Bonchev–Trinajstić information content (AvgIpc) is 2.35. The molecule has 4 nitrogen and oxygen atoms in total. The molecule has 0 spiro atoms. The van der Waals surface area contributed by atoms with Crippen LogP contribution in [0.3, 0.4) is 0 Å². The lowest BCUT2D eigenvalue weighted by Crippen LogP contribution is -2.35. The Morgan fingerprint density at radius 1 is 1.24 bits per heavy atom. The van der Waals surface area contributed by atoms with E-state index in [9.17, 15) is 0 Å². The molecule has 0 saturated heterocycles. The number of pyridine rings is 1. The lowest BCUT2D eigenvalue weighted by atomic mass is 10.1. The van der Waals surface area contributed by atoms with Crippen LogP contribution in [-0.2, 0) is 13.0 Å². The third kappa shape index (κ3) is 8.02. The van der Waals surface area contributed by atoms with Gasteiger partial charge >= 0.3 is 0 Å². The van der Waals surface area contributed by atoms with E-state index in [1.807, 2.05) is 20.2 Å². The monoisotopic (exact) mass is 293 g/mol. The van der Waals surface area contributed by atoms with E-state index in [2.05, 4.69) is 49.0 Å². The number of aromatic nitrogens is 1. The number of hydrogen-bond donors (Lipinski definition) is 1. The maximum Gasteiger partial charge on any atom is 0.213 e. The standard InChI is InChI=1S/C17H31N3O/c1-7-8-15-11-14(13-18-17(2,3)4)12-16(19-15)21-10-9-20(5)6/h11-12,18H,7-10,13H2,1-6H3. The number of nitrogens with zero attached hydrogens (tertiary/aromatic N) is 2. The molecule has 0 aliphatic rings. The van der Waals surface area contributed by atoms with Gasteiger partial charge in [-0.3, -0.25) is 0 Å². The molecule has 4 heteroatoms. The first-order valence-corrected chi connectivity index (χ1v) is 7.82. The van der Waals surface area contributed by atoms with Crippen molar-refractivity contribution < 1.29 is 4.74 Å². The summed E-state index contributed by atoms with van der Waals surface area (Å²) in [4.78, 5) is 6.70. The normalized spacial score (nSPS) is 12.0. The molecular weight excluding hydrogens is 262 g/mol. The van der Waals surface area contributed by atoms with Crippen molar-refractivity contribution in [1.82, 2.24) is 15.2 Å². The fourth-order valence-electron chi connectivity index (χ4n) is 1.88. The molecule has 0 bridgehead atoms. The van der Waals surface area contributed by atoms with Crippen LogP contribution in [0.1, 0.15) is 45.4 Å². The minimum atomic E-state index is 0.111. The van der Waals surface area contributed by atoms with E-state index in [1.54, 1.807) is 0 Å². The van der Waals surface area contributed by atoms with Gasteiger partial charge in [0.15, 0.2) is 0 Å². The molecule has 0 fully saturated rings. The average molecular weight is 293 g/mol. The lowest BCUT2D eigenvalue weighted by molar-refractivity contribution is 0.253. The van der Waals surface area contributed by atoms with E-state index >= 15 is 0 Å². The van der Waals surface area contributed by atoms with Crippen LogP contribution >= 0.6 is 0 Å². The number of hydrogen-bond acceptors (Lipinski definition) is 4. The highest BCUT2D eigenvalue weighted by Gasteiger charge is 2.10. The highest BCUT2D eigenvalue weighted by Crippen LogP contribution is 2.15. The summed E-state index contributed by atoms with van der Waals surface area (Å²) < 4.78 is 5.80. The Hall–Kier alpha value is -1.13. The highest BCUT2D eigenvalue weighted by atomic mass is 16.5. The van der Waals surface area contributed by atoms with Crippen LogP contribution in [0.4, 0.5) is 0 Å². The van der Waals surface area contributed by atoms with E-state index < -0.39 is 0 Å². The molecule has 0 amide bonds. The van der Waals surface area contributed by atoms with Gasteiger partial charge in [0.05, 0.1) is 0 Å². The Bertz CT molecular complexity index is 425. The number of rotatable bonds is 8. The molecule has 1 N–H and O–H groups in total. The van der Waals surface area contributed by atoms with Gasteiger partial charge in [-0.25, -0.2) is 4.98 Å². The second-order valence-corrected chi connectivity index (χ2v) is 6.81. The number of aryl methyl sites for hydroxylation is 1. The molecule has 1 heterocycles. The quantitative estimate of drug-likeness (QED) is 0.800. The molecule has 120 valence electrons. The lowest BCUT2D eigenvalue weighted by Gasteiger charge is -2.21. The van der Waals surface area contributed by atoms with Crippen molar-refractivity contribution in [2.45, 2.75) is 52.6 Å². The second kappa shape index (κ2) is 8.35. The molecule has 21 heavy (non-hydrogen) atoms. The minimum Gasteiger partial charge on any atom is -0.476 e. The van der Waals surface area contributed by atoms with E-state index in [0.29, 0.717) is 6.61 Å². The van der Waals surface area contributed by atoms with Crippen molar-refractivity contribution in [2.24, 2.45) is 0 Å². The Balaban J connectivity index is 2.74. The second-order valence-electron chi connectivity index (χ2n) is 6.81. The molecule has 1 aromatic rings. The van der Waals surface area contributed by atoms with Crippen molar-refractivity contribution in [3.63, 3.8) is 0 Å². The fourth-order valence-corrected chi connectivity index (χ4v) is 1.88. The van der Waals surface area contributed by atoms with Crippen LogP contribution in [0.15, 0.2) is 12.1 Å². The van der Waals surface area contributed by atoms with Gasteiger partial charge < -0.3 is 15.0 Å².